The molecule has 3 rings (SSSR count). The summed E-state index contributed by atoms with van der Waals surface area (Å²) in [6.45, 7) is 3.71. The summed E-state index contributed by atoms with van der Waals surface area (Å²) in [5.74, 6) is -0.831. The van der Waals surface area contributed by atoms with Crippen LogP contribution in [0, 0.1) is 18.7 Å². The molecule has 1 N–H and O–H groups in total. The molecule has 1 fully saturated rings. The van der Waals surface area contributed by atoms with Gasteiger partial charge in [0, 0.05) is 11.8 Å². The number of aromatic nitrogens is 2. The average molecular weight is 288 g/mol. The van der Waals surface area contributed by atoms with Crippen LogP contribution in [0.1, 0.15) is 41.7 Å². The monoisotopic (exact) mass is 288 g/mol. The van der Waals surface area contributed by atoms with Gasteiger partial charge in [0.25, 0.3) is 0 Å². The Morgan fingerprint density at radius 1 is 1.48 bits per heavy atom. The van der Waals surface area contributed by atoms with Crippen molar-refractivity contribution in [1.29, 1.82) is 0 Å². The molecule has 2 aromatic rings. The van der Waals surface area contributed by atoms with E-state index in [1.807, 2.05) is 6.92 Å². The highest BCUT2D eigenvalue weighted by atomic mass is 19.1. The Hall–Kier alpha value is -2.17. The second-order valence-corrected chi connectivity index (χ2v) is 5.72. The molecule has 0 saturated heterocycles. The van der Waals surface area contributed by atoms with E-state index in [0.717, 1.165) is 12.8 Å². The third kappa shape index (κ3) is 2.55. The molecule has 0 aliphatic heterocycles. The zero-order valence-corrected chi connectivity index (χ0v) is 12.0. The third-order valence-electron chi connectivity index (χ3n) is 4.13. The fourth-order valence-corrected chi connectivity index (χ4v) is 2.50. The number of nitrogens with zero attached hydrogens (tertiary/aromatic N) is 2. The number of hydrogen-bond acceptors (Lipinski definition) is 2. The Bertz CT molecular complexity index is 704. The number of halogens is 1. The van der Waals surface area contributed by atoms with Gasteiger partial charge in [0.05, 0.1) is 6.04 Å². The maximum absolute atomic E-state index is 13.7. The van der Waals surface area contributed by atoms with Gasteiger partial charge in [0.2, 0.25) is 0 Å². The van der Waals surface area contributed by atoms with Crippen molar-refractivity contribution in [3.8, 4) is 11.3 Å². The largest absolute Gasteiger partial charge is 0.478 e. The molecule has 0 spiro atoms. The quantitative estimate of drug-likeness (QED) is 0.934. The summed E-state index contributed by atoms with van der Waals surface area (Å²) in [6.07, 6.45) is 3.86. The third-order valence-corrected chi connectivity index (χ3v) is 4.13. The van der Waals surface area contributed by atoms with Crippen LogP contribution in [0.25, 0.3) is 11.3 Å². The SMILES string of the molecule is Cc1ccc(-c2nn(C(C)C3CC3)cc2C(=O)O)cc1F. The number of carbonyl (C=O) groups is 1. The Labute approximate surface area is 122 Å². The fraction of sp³-hybridized carbons (Fsp3) is 0.375. The number of aryl methyl sites for hydroxylation is 1. The van der Waals surface area contributed by atoms with Crippen LogP contribution in [0.2, 0.25) is 0 Å². The van der Waals surface area contributed by atoms with Gasteiger partial charge in [-0.05, 0) is 44.2 Å². The topological polar surface area (TPSA) is 55.1 Å². The van der Waals surface area contributed by atoms with Gasteiger partial charge in [0.15, 0.2) is 0 Å². The van der Waals surface area contributed by atoms with Gasteiger partial charge >= 0.3 is 5.97 Å². The van der Waals surface area contributed by atoms with E-state index in [0.29, 0.717) is 22.7 Å². The van der Waals surface area contributed by atoms with Gasteiger partial charge in [-0.3, -0.25) is 4.68 Å². The molecule has 1 aromatic heterocycles. The van der Waals surface area contributed by atoms with Crippen LogP contribution in [-0.2, 0) is 0 Å². The minimum Gasteiger partial charge on any atom is -0.478 e. The van der Waals surface area contributed by atoms with E-state index in [9.17, 15) is 14.3 Å². The van der Waals surface area contributed by atoms with Crippen LogP contribution in [0.15, 0.2) is 24.4 Å². The summed E-state index contributed by atoms with van der Waals surface area (Å²) in [5.41, 5.74) is 1.47. The van der Waals surface area contributed by atoms with E-state index in [-0.39, 0.29) is 17.4 Å². The van der Waals surface area contributed by atoms with Gasteiger partial charge in [-0.25, -0.2) is 9.18 Å². The van der Waals surface area contributed by atoms with E-state index < -0.39 is 5.97 Å². The Morgan fingerprint density at radius 2 is 2.19 bits per heavy atom. The first-order valence-electron chi connectivity index (χ1n) is 7.06. The van der Waals surface area contributed by atoms with Gasteiger partial charge in [-0.1, -0.05) is 12.1 Å². The Morgan fingerprint density at radius 3 is 2.76 bits per heavy atom. The first kappa shape index (κ1) is 13.8. The molecule has 0 amide bonds. The molecule has 1 heterocycles. The molecular weight excluding hydrogens is 271 g/mol. The molecule has 1 saturated carbocycles. The zero-order chi connectivity index (χ0) is 15.1. The van der Waals surface area contributed by atoms with E-state index in [2.05, 4.69) is 5.10 Å². The Kier molecular flexibility index (Phi) is 3.27. The van der Waals surface area contributed by atoms with Crippen LogP contribution >= 0.6 is 0 Å². The standard InChI is InChI=1S/C16H17FN2O2/c1-9-3-4-12(7-14(9)17)15-13(16(20)21)8-19(18-15)10(2)11-5-6-11/h3-4,7-8,10-11H,5-6H2,1-2H3,(H,20,21). The number of carboxylic acids is 1. The fourth-order valence-electron chi connectivity index (χ4n) is 2.50. The molecule has 1 aliphatic carbocycles. The summed E-state index contributed by atoms with van der Waals surface area (Å²) in [6, 6.07) is 4.86. The molecule has 1 unspecified atom stereocenters. The molecular formula is C16H17FN2O2. The van der Waals surface area contributed by atoms with E-state index in [1.54, 1.807) is 29.9 Å². The van der Waals surface area contributed by atoms with Crippen molar-refractivity contribution < 1.29 is 14.3 Å². The van der Waals surface area contributed by atoms with Crippen LogP contribution in [-0.4, -0.2) is 20.9 Å². The highest BCUT2D eigenvalue weighted by Crippen LogP contribution is 2.39. The minimum absolute atomic E-state index is 0.116. The molecule has 4 nitrogen and oxygen atoms in total. The van der Waals surface area contributed by atoms with Crippen LogP contribution in [0.3, 0.4) is 0 Å². The van der Waals surface area contributed by atoms with Crippen molar-refractivity contribution in [2.45, 2.75) is 32.7 Å². The van der Waals surface area contributed by atoms with E-state index in [4.69, 9.17) is 0 Å². The lowest BCUT2D eigenvalue weighted by atomic mass is 10.1. The molecule has 1 aromatic carbocycles. The maximum atomic E-state index is 13.7. The van der Waals surface area contributed by atoms with Gasteiger partial charge in [-0.2, -0.15) is 5.10 Å². The van der Waals surface area contributed by atoms with Crippen molar-refractivity contribution in [3.05, 3.63) is 41.3 Å². The summed E-state index contributed by atoms with van der Waals surface area (Å²) in [7, 11) is 0. The lowest BCUT2D eigenvalue weighted by molar-refractivity contribution is 0.0697. The number of hydrogen-bond donors (Lipinski definition) is 1. The summed E-state index contributed by atoms with van der Waals surface area (Å²) >= 11 is 0. The van der Waals surface area contributed by atoms with Crippen molar-refractivity contribution in [3.63, 3.8) is 0 Å². The van der Waals surface area contributed by atoms with Gasteiger partial charge in [0.1, 0.15) is 17.1 Å². The highest BCUT2D eigenvalue weighted by molar-refractivity contribution is 5.94. The molecule has 0 radical (unpaired) electrons. The molecule has 5 heteroatoms. The van der Waals surface area contributed by atoms with Crippen molar-refractivity contribution in [1.82, 2.24) is 9.78 Å². The zero-order valence-electron chi connectivity index (χ0n) is 12.0. The van der Waals surface area contributed by atoms with E-state index in [1.165, 1.54) is 6.07 Å². The summed E-state index contributed by atoms with van der Waals surface area (Å²) in [5, 5.41) is 13.8. The van der Waals surface area contributed by atoms with Crippen LogP contribution in [0.5, 0.6) is 0 Å². The maximum Gasteiger partial charge on any atom is 0.339 e. The lowest BCUT2D eigenvalue weighted by Gasteiger charge is -2.09. The summed E-state index contributed by atoms with van der Waals surface area (Å²) in [4.78, 5) is 11.4. The van der Waals surface area contributed by atoms with Crippen molar-refractivity contribution in [2.24, 2.45) is 5.92 Å². The number of carboxylic acid groups (broad SMARTS) is 1. The first-order valence-corrected chi connectivity index (χ1v) is 7.06. The molecule has 1 aliphatic rings. The van der Waals surface area contributed by atoms with E-state index >= 15 is 0 Å². The average Bonchev–Trinajstić information content (AvgIpc) is 3.19. The second kappa shape index (κ2) is 4.98. The predicted octanol–water partition coefficient (Wildman–Crippen LogP) is 3.67. The van der Waals surface area contributed by atoms with Gasteiger partial charge in [-0.15, -0.1) is 0 Å². The number of aromatic carboxylic acids is 1. The van der Waals surface area contributed by atoms with Crippen molar-refractivity contribution >= 4 is 5.97 Å². The predicted molar refractivity (Wildman–Crippen MR) is 76.8 cm³/mol. The lowest BCUT2D eigenvalue weighted by Crippen LogP contribution is -2.07. The highest BCUT2D eigenvalue weighted by Gasteiger charge is 2.31. The molecule has 21 heavy (non-hydrogen) atoms. The number of rotatable bonds is 4. The van der Waals surface area contributed by atoms with Crippen LogP contribution < -0.4 is 0 Å². The molecule has 1 atom stereocenters. The molecule has 110 valence electrons. The normalized spacial score (nSPS) is 16.0. The van der Waals surface area contributed by atoms with Crippen molar-refractivity contribution in [2.75, 3.05) is 0 Å². The summed E-state index contributed by atoms with van der Waals surface area (Å²) < 4.78 is 15.4. The first-order chi connectivity index (χ1) is 9.97. The smallest absolute Gasteiger partial charge is 0.339 e. The number of benzene rings is 1. The second-order valence-electron chi connectivity index (χ2n) is 5.72. The van der Waals surface area contributed by atoms with Gasteiger partial charge < -0.3 is 5.11 Å². The molecule has 0 bridgehead atoms. The minimum atomic E-state index is -1.04. The Balaban J connectivity index is 2.06. The van der Waals surface area contributed by atoms with Crippen LogP contribution in [0.4, 0.5) is 4.39 Å².